The fourth-order valence-electron chi connectivity index (χ4n) is 6.49. The number of aliphatic hydroxyl groups is 1. The van der Waals surface area contributed by atoms with E-state index in [2.05, 4.69) is 30.2 Å². The zero-order valence-electron chi connectivity index (χ0n) is 20.1. The number of benzene rings is 1. The SMILES string of the molecule is Cc1cnc(NC(=O)CC[C@H](/C(C=O)=C/O)C2C3CCc4cc(O)ccc4C3CCC2(C)C)s1. The van der Waals surface area contributed by atoms with Gasteiger partial charge in [-0.2, -0.15) is 0 Å². The summed E-state index contributed by atoms with van der Waals surface area (Å²) < 4.78 is 0. The van der Waals surface area contributed by atoms with Gasteiger partial charge in [-0.3, -0.25) is 9.59 Å². The highest BCUT2D eigenvalue weighted by molar-refractivity contribution is 7.15. The van der Waals surface area contributed by atoms with E-state index in [-0.39, 0.29) is 29.6 Å². The van der Waals surface area contributed by atoms with Crippen LogP contribution in [0.5, 0.6) is 5.75 Å². The van der Waals surface area contributed by atoms with Crippen molar-refractivity contribution in [3.63, 3.8) is 0 Å². The van der Waals surface area contributed by atoms with Crippen LogP contribution in [0.3, 0.4) is 0 Å². The van der Waals surface area contributed by atoms with Crippen molar-refractivity contribution in [1.82, 2.24) is 4.98 Å². The number of amides is 1. The van der Waals surface area contributed by atoms with Crippen molar-refractivity contribution in [1.29, 1.82) is 0 Å². The molecule has 34 heavy (non-hydrogen) atoms. The first-order valence-electron chi connectivity index (χ1n) is 12.1. The van der Waals surface area contributed by atoms with Crippen LogP contribution in [0.25, 0.3) is 0 Å². The molecule has 0 saturated heterocycles. The number of phenols is 1. The Morgan fingerprint density at radius 2 is 2.15 bits per heavy atom. The number of nitrogens with zero attached hydrogens (tertiary/aromatic N) is 1. The Morgan fingerprint density at radius 3 is 2.82 bits per heavy atom. The normalized spacial score (nSPS) is 24.6. The van der Waals surface area contributed by atoms with E-state index in [0.29, 0.717) is 34.7 Å². The molecule has 4 atom stereocenters. The lowest BCUT2D eigenvalue weighted by Crippen LogP contribution is -2.45. The van der Waals surface area contributed by atoms with Crippen LogP contribution in [-0.4, -0.2) is 27.4 Å². The Morgan fingerprint density at radius 1 is 1.35 bits per heavy atom. The number of aldehydes is 1. The molecule has 7 heteroatoms. The predicted molar refractivity (Wildman–Crippen MR) is 134 cm³/mol. The number of allylic oxidation sites excluding steroid dienone is 1. The quantitative estimate of drug-likeness (QED) is 0.259. The summed E-state index contributed by atoms with van der Waals surface area (Å²) in [6, 6.07) is 5.70. The molecule has 1 saturated carbocycles. The van der Waals surface area contributed by atoms with Crippen molar-refractivity contribution in [3.05, 3.63) is 52.2 Å². The van der Waals surface area contributed by atoms with Gasteiger partial charge >= 0.3 is 0 Å². The van der Waals surface area contributed by atoms with Gasteiger partial charge in [-0.25, -0.2) is 4.98 Å². The maximum absolute atomic E-state index is 12.7. The molecule has 2 aliphatic rings. The molecule has 2 aromatic rings. The lowest BCUT2D eigenvalue weighted by atomic mass is 9.51. The zero-order valence-corrected chi connectivity index (χ0v) is 20.9. The Hall–Kier alpha value is -2.67. The number of rotatable bonds is 7. The van der Waals surface area contributed by atoms with Crippen molar-refractivity contribution >= 4 is 28.7 Å². The van der Waals surface area contributed by atoms with Gasteiger partial charge in [-0.1, -0.05) is 19.9 Å². The second kappa shape index (κ2) is 9.90. The minimum atomic E-state index is -0.215. The first kappa shape index (κ1) is 24.5. The van der Waals surface area contributed by atoms with Gasteiger partial charge in [-0.15, -0.1) is 11.3 Å². The molecule has 182 valence electrons. The Balaban J connectivity index is 1.60. The number of nitrogens with one attached hydrogen (secondary N) is 1. The number of carbonyl (C=O) groups excluding carboxylic acids is 2. The molecule has 0 spiro atoms. The second-order valence-electron chi connectivity index (χ2n) is 10.5. The first-order valence-corrected chi connectivity index (χ1v) is 12.9. The number of aryl methyl sites for hydroxylation is 2. The highest BCUT2D eigenvalue weighted by Gasteiger charge is 2.49. The largest absolute Gasteiger partial charge is 0.515 e. The fourth-order valence-corrected chi connectivity index (χ4v) is 7.17. The van der Waals surface area contributed by atoms with Crippen molar-refractivity contribution in [3.8, 4) is 5.75 Å². The molecule has 1 amide bonds. The molecule has 1 heterocycles. The van der Waals surface area contributed by atoms with Gasteiger partial charge in [0, 0.05) is 23.1 Å². The highest BCUT2D eigenvalue weighted by Crippen LogP contribution is 2.58. The average molecular weight is 483 g/mol. The Bertz CT molecular complexity index is 1090. The molecule has 3 unspecified atom stereocenters. The van der Waals surface area contributed by atoms with Gasteiger partial charge < -0.3 is 15.5 Å². The van der Waals surface area contributed by atoms with Crippen LogP contribution in [0, 0.1) is 30.1 Å². The Labute approximate surface area is 205 Å². The molecular weight excluding hydrogens is 448 g/mol. The number of hydrogen-bond donors (Lipinski definition) is 3. The van der Waals surface area contributed by atoms with Crippen molar-refractivity contribution in [2.45, 2.75) is 65.2 Å². The van der Waals surface area contributed by atoms with Crippen LogP contribution in [-0.2, 0) is 16.0 Å². The van der Waals surface area contributed by atoms with Crippen molar-refractivity contribution in [2.24, 2.45) is 23.2 Å². The smallest absolute Gasteiger partial charge is 0.226 e. The minimum Gasteiger partial charge on any atom is -0.515 e. The summed E-state index contributed by atoms with van der Waals surface area (Å²) in [5.41, 5.74) is 2.84. The lowest BCUT2D eigenvalue weighted by molar-refractivity contribution is -0.117. The third-order valence-electron chi connectivity index (χ3n) is 7.95. The van der Waals surface area contributed by atoms with E-state index >= 15 is 0 Å². The van der Waals surface area contributed by atoms with Gasteiger partial charge in [0.25, 0.3) is 0 Å². The van der Waals surface area contributed by atoms with E-state index in [4.69, 9.17) is 0 Å². The molecule has 1 aromatic heterocycles. The molecule has 0 radical (unpaired) electrons. The topological polar surface area (TPSA) is 99.5 Å². The van der Waals surface area contributed by atoms with E-state index in [1.807, 2.05) is 13.0 Å². The number of fused-ring (bicyclic) bond motifs is 3. The van der Waals surface area contributed by atoms with Gasteiger partial charge in [-0.05, 0) is 91.4 Å². The van der Waals surface area contributed by atoms with E-state index < -0.39 is 0 Å². The van der Waals surface area contributed by atoms with E-state index in [1.54, 1.807) is 12.3 Å². The first-order chi connectivity index (χ1) is 16.2. The number of aromatic nitrogens is 1. The molecule has 0 aliphatic heterocycles. The van der Waals surface area contributed by atoms with Gasteiger partial charge in [0.2, 0.25) is 5.91 Å². The van der Waals surface area contributed by atoms with Crippen LogP contribution in [0.1, 0.15) is 67.9 Å². The number of aromatic hydroxyl groups is 1. The summed E-state index contributed by atoms with van der Waals surface area (Å²) in [6.07, 6.45) is 8.06. The van der Waals surface area contributed by atoms with E-state index in [1.165, 1.54) is 22.5 Å². The highest BCUT2D eigenvalue weighted by atomic mass is 32.1. The summed E-state index contributed by atoms with van der Waals surface area (Å²) in [6.45, 7) is 6.45. The minimum absolute atomic E-state index is 0.0412. The number of thiazole rings is 1. The Kier molecular flexibility index (Phi) is 7.12. The molecule has 1 fully saturated rings. The van der Waals surface area contributed by atoms with Crippen LogP contribution >= 0.6 is 11.3 Å². The lowest BCUT2D eigenvalue weighted by Gasteiger charge is -2.53. The van der Waals surface area contributed by atoms with Crippen LogP contribution in [0.15, 0.2) is 36.2 Å². The standard InChI is InChI=1S/C27H34N2O4S/c1-16-13-28-26(34-16)29-24(33)9-8-21(18(14-30)15-31)25-23-6-4-17-12-19(32)5-7-20(17)22(23)10-11-27(25,2)3/h5,7,12-15,21-23,25,30,32H,4,6,8-11H2,1-3H3,(H,28,29,33)/b18-14+/t21-,22?,23?,25?/m1/s1. The third kappa shape index (κ3) is 4.90. The molecule has 3 N–H and O–H groups in total. The molecule has 2 aliphatic carbocycles. The summed E-state index contributed by atoms with van der Waals surface area (Å²) in [5, 5.41) is 23.4. The van der Waals surface area contributed by atoms with Gasteiger partial charge in [0.05, 0.1) is 6.26 Å². The number of aliphatic hydroxyl groups excluding tert-OH is 1. The van der Waals surface area contributed by atoms with Crippen LogP contribution in [0.2, 0.25) is 0 Å². The van der Waals surface area contributed by atoms with Crippen molar-refractivity contribution < 1.29 is 19.8 Å². The fraction of sp³-hybridized carbons (Fsp3) is 0.519. The number of carbonyl (C=O) groups is 2. The second-order valence-corrected chi connectivity index (χ2v) is 11.7. The van der Waals surface area contributed by atoms with Crippen LogP contribution in [0.4, 0.5) is 5.13 Å². The molecule has 6 nitrogen and oxygen atoms in total. The molecular formula is C27H34N2O4S. The van der Waals surface area contributed by atoms with Gasteiger partial charge in [0.15, 0.2) is 5.13 Å². The third-order valence-corrected chi connectivity index (χ3v) is 8.78. The number of anilines is 1. The monoisotopic (exact) mass is 482 g/mol. The molecule has 1 aromatic carbocycles. The van der Waals surface area contributed by atoms with E-state index in [0.717, 1.165) is 43.1 Å². The predicted octanol–water partition coefficient (Wildman–Crippen LogP) is 5.92. The van der Waals surface area contributed by atoms with Crippen LogP contribution < -0.4 is 5.32 Å². The van der Waals surface area contributed by atoms with E-state index in [9.17, 15) is 19.8 Å². The van der Waals surface area contributed by atoms with Gasteiger partial charge in [0.1, 0.15) is 12.0 Å². The maximum atomic E-state index is 12.7. The summed E-state index contributed by atoms with van der Waals surface area (Å²) >= 11 is 1.43. The maximum Gasteiger partial charge on any atom is 0.226 e. The average Bonchev–Trinajstić information content (AvgIpc) is 3.20. The molecule has 0 bridgehead atoms. The number of hydrogen-bond acceptors (Lipinski definition) is 6. The van der Waals surface area contributed by atoms with Crippen molar-refractivity contribution in [2.75, 3.05) is 5.32 Å². The summed E-state index contributed by atoms with van der Waals surface area (Å²) in [5.74, 6) is 0.793. The summed E-state index contributed by atoms with van der Waals surface area (Å²) in [4.78, 5) is 29.9. The molecule has 4 rings (SSSR count). The number of phenolic OH excluding ortho intramolecular Hbond substituents is 1. The summed E-state index contributed by atoms with van der Waals surface area (Å²) in [7, 11) is 0. The zero-order chi connectivity index (χ0) is 24.5.